The van der Waals surface area contributed by atoms with Gasteiger partial charge < -0.3 is 5.32 Å². The number of unbranched alkanes of at least 4 members (excludes halogenated alkanes) is 1. The van der Waals surface area contributed by atoms with Gasteiger partial charge in [-0.15, -0.1) is 0 Å². The molecule has 1 N–H and O–H groups in total. The smallest absolute Gasteiger partial charge is 0.0322 e. The van der Waals surface area contributed by atoms with Crippen LogP contribution >= 0.6 is 0 Å². The summed E-state index contributed by atoms with van der Waals surface area (Å²) in [6, 6.07) is 7.80. The van der Waals surface area contributed by atoms with Gasteiger partial charge in [-0.25, -0.2) is 0 Å². The molecule has 1 nitrogen and oxygen atoms in total. The van der Waals surface area contributed by atoms with Crippen molar-refractivity contribution in [3.05, 3.63) is 34.9 Å². The molecule has 118 valence electrons. The standard InChI is InChI=1S/C20H33N/c1-4-7-9-16(5-2)14-20(21-6-3)19-13-12-17-10-8-11-18(17)15-19/h12-13,15-16,20-21H,4-11,14H2,1-3H3. The van der Waals surface area contributed by atoms with Gasteiger partial charge in [0.05, 0.1) is 0 Å². The maximum Gasteiger partial charge on any atom is 0.0322 e. The number of benzene rings is 1. The highest BCUT2D eigenvalue weighted by Crippen LogP contribution is 2.30. The normalized spacial score (nSPS) is 16.7. The molecule has 1 aliphatic rings. The highest BCUT2D eigenvalue weighted by molar-refractivity contribution is 5.36. The lowest BCUT2D eigenvalue weighted by atomic mass is 9.88. The van der Waals surface area contributed by atoms with Gasteiger partial charge in [0, 0.05) is 6.04 Å². The monoisotopic (exact) mass is 287 g/mol. The zero-order chi connectivity index (χ0) is 15.1. The average molecular weight is 287 g/mol. The minimum absolute atomic E-state index is 0.544. The van der Waals surface area contributed by atoms with Crippen LogP contribution in [-0.2, 0) is 12.8 Å². The molecular formula is C20H33N. The Hall–Kier alpha value is -0.820. The molecule has 0 saturated heterocycles. The minimum Gasteiger partial charge on any atom is -0.310 e. The Morgan fingerprint density at radius 1 is 1.10 bits per heavy atom. The lowest BCUT2D eigenvalue weighted by molar-refractivity contribution is 0.357. The van der Waals surface area contributed by atoms with Gasteiger partial charge in [0.15, 0.2) is 0 Å². The first-order chi connectivity index (χ1) is 10.3. The van der Waals surface area contributed by atoms with Crippen LogP contribution in [0, 0.1) is 5.92 Å². The van der Waals surface area contributed by atoms with Crippen LogP contribution in [0.15, 0.2) is 18.2 Å². The second-order valence-electron chi connectivity index (χ2n) is 6.64. The molecule has 0 saturated carbocycles. The van der Waals surface area contributed by atoms with Crippen LogP contribution in [-0.4, -0.2) is 6.54 Å². The van der Waals surface area contributed by atoms with Gasteiger partial charge >= 0.3 is 0 Å². The lowest BCUT2D eigenvalue weighted by Crippen LogP contribution is -2.23. The number of fused-ring (bicyclic) bond motifs is 1. The van der Waals surface area contributed by atoms with Crippen LogP contribution in [0.4, 0.5) is 0 Å². The van der Waals surface area contributed by atoms with Crippen LogP contribution < -0.4 is 5.32 Å². The molecule has 1 aliphatic carbocycles. The molecule has 1 heteroatoms. The predicted octanol–water partition coefficient (Wildman–Crippen LogP) is 5.43. The van der Waals surface area contributed by atoms with Crippen molar-refractivity contribution in [2.75, 3.05) is 6.54 Å². The molecule has 2 atom stereocenters. The summed E-state index contributed by atoms with van der Waals surface area (Å²) >= 11 is 0. The van der Waals surface area contributed by atoms with Crippen molar-refractivity contribution in [2.45, 2.75) is 78.2 Å². The molecule has 0 spiro atoms. The van der Waals surface area contributed by atoms with Gasteiger partial charge in [0.2, 0.25) is 0 Å². The Kier molecular flexibility index (Phi) is 6.76. The summed E-state index contributed by atoms with van der Waals surface area (Å²) in [5.74, 6) is 0.863. The number of hydrogen-bond acceptors (Lipinski definition) is 1. The van der Waals surface area contributed by atoms with Gasteiger partial charge in [-0.05, 0) is 54.8 Å². The van der Waals surface area contributed by atoms with Crippen molar-refractivity contribution in [1.29, 1.82) is 0 Å². The third-order valence-corrected chi connectivity index (χ3v) is 5.09. The van der Waals surface area contributed by atoms with Crippen molar-refractivity contribution >= 4 is 0 Å². The summed E-state index contributed by atoms with van der Waals surface area (Å²) in [5, 5.41) is 3.73. The highest BCUT2D eigenvalue weighted by atomic mass is 14.9. The average Bonchev–Trinajstić information content (AvgIpc) is 2.97. The van der Waals surface area contributed by atoms with Crippen molar-refractivity contribution in [2.24, 2.45) is 5.92 Å². The summed E-state index contributed by atoms with van der Waals surface area (Å²) in [5.41, 5.74) is 4.72. The topological polar surface area (TPSA) is 12.0 Å². The van der Waals surface area contributed by atoms with Crippen LogP contribution in [0.5, 0.6) is 0 Å². The number of rotatable bonds is 9. The van der Waals surface area contributed by atoms with Crippen molar-refractivity contribution in [3.63, 3.8) is 0 Å². The summed E-state index contributed by atoms with van der Waals surface area (Å²) < 4.78 is 0. The van der Waals surface area contributed by atoms with E-state index in [0.717, 1.165) is 12.5 Å². The predicted molar refractivity (Wildman–Crippen MR) is 92.8 cm³/mol. The fraction of sp³-hybridized carbons (Fsp3) is 0.700. The SMILES string of the molecule is CCCCC(CC)CC(NCC)c1ccc2c(c1)CCC2. The van der Waals surface area contributed by atoms with Gasteiger partial charge in [0.25, 0.3) is 0 Å². The summed E-state index contributed by atoms with van der Waals surface area (Å²) in [4.78, 5) is 0. The Labute approximate surface area is 131 Å². The molecule has 2 unspecified atom stereocenters. The second-order valence-corrected chi connectivity index (χ2v) is 6.64. The van der Waals surface area contributed by atoms with Crippen LogP contribution in [0.3, 0.4) is 0 Å². The third kappa shape index (κ3) is 4.57. The number of hydrogen-bond donors (Lipinski definition) is 1. The third-order valence-electron chi connectivity index (χ3n) is 5.09. The molecule has 0 aromatic heterocycles. The molecule has 0 bridgehead atoms. The maximum atomic E-state index is 3.73. The summed E-state index contributed by atoms with van der Waals surface area (Å²) in [6.45, 7) is 7.94. The highest BCUT2D eigenvalue weighted by Gasteiger charge is 2.18. The first-order valence-electron chi connectivity index (χ1n) is 9.13. The van der Waals surface area contributed by atoms with Crippen molar-refractivity contribution in [1.82, 2.24) is 5.32 Å². The first-order valence-corrected chi connectivity index (χ1v) is 9.13. The fourth-order valence-electron chi connectivity index (χ4n) is 3.71. The quantitative estimate of drug-likeness (QED) is 0.638. The van der Waals surface area contributed by atoms with E-state index in [2.05, 4.69) is 44.3 Å². The van der Waals surface area contributed by atoms with Crippen LogP contribution in [0.25, 0.3) is 0 Å². The molecule has 1 aromatic carbocycles. The van der Waals surface area contributed by atoms with Crippen molar-refractivity contribution < 1.29 is 0 Å². The van der Waals surface area contributed by atoms with Gasteiger partial charge in [0.1, 0.15) is 0 Å². The molecule has 0 heterocycles. The Balaban J connectivity index is 2.06. The number of nitrogens with one attached hydrogen (secondary N) is 1. The summed E-state index contributed by atoms with van der Waals surface area (Å²) in [7, 11) is 0. The van der Waals surface area contributed by atoms with E-state index >= 15 is 0 Å². The van der Waals surface area contributed by atoms with Gasteiger partial charge in [-0.2, -0.15) is 0 Å². The van der Waals surface area contributed by atoms with E-state index in [9.17, 15) is 0 Å². The lowest BCUT2D eigenvalue weighted by Gasteiger charge is -2.24. The molecule has 0 amide bonds. The van der Waals surface area contributed by atoms with Crippen LogP contribution in [0.2, 0.25) is 0 Å². The van der Waals surface area contributed by atoms with Crippen molar-refractivity contribution in [3.8, 4) is 0 Å². The molecule has 0 aliphatic heterocycles. The van der Waals surface area contributed by atoms with E-state index in [1.165, 1.54) is 56.9 Å². The first kappa shape index (κ1) is 16.5. The fourth-order valence-corrected chi connectivity index (χ4v) is 3.71. The van der Waals surface area contributed by atoms with Gasteiger partial charge in [-0.1, -0.05) is 64.7 Å². The minimum atomic E-state index is 0.544. The number of aryl methyl sites for hydroxylation is 2. The van der Waals surface area contributed by atoms with E-state index in [1.54, 1.807) is 11.1 Å². The molecule has 21 heavy (non-hydrogen) atoms. The zero-order valence-electron chi connectivity index (χ0n) is 14.3. The Bertz CT molecular complexity index is 424. The van der Waals surface area contributed by atoms with E-state index in [-0.39, 0.29) is 0 Å². The molecule has 0 fully saturated rings. The Morgan fingerprint density at radius 2 is 1.90 bits per heavy atom. The second kappa shape index (κ2) is 8.58. The Morgan fingerprint density at radius 3 is 2.62 bits per heavy atom. The molecule has 1 aromatic rings. The van der Waals surface area contributed by atoms with E-state index in [1.807, 2.05) is 0 Å². The van der Waals surface area contributed by atoms with E-state index < -0.39 is 0 Å². The summed E-state index contributed by atoms with van der Waals surface area (Å²) in [6.07, 6.45) is 10.6. The van der Waals surface area contributed by atoms with Gasteiger partial charge in [-0.3, -0.25) is 0 Å². The maximum absolute atomic E-state index is 3.73. The van der Waals surface area contributed by atoms with E-state index in [0.29, 0.717) is 6.04 Å². The molecular weight excluding hydrogens is 254 g/mol. The van der Waals surface area contributed by atoms with E-state index in [4.69, 9.17) is 0 Å². The molecule has 0 radical (unpaired) electrons. The molecule has 2 rings (SSSR count). The zero-order valence-corrected chi connectivity index (χ0v) is 14.3. The largest absolute Gasteiger partial charge is 0.310 e. The van der Waals surface area contributed by atoms with Crippen LogP contribution in [0.1, 0.15) is 82.0 Å².